The lowest BCUT2D eigenvalue weighted by atomic mass is 10.1. The molecule has 0 radical (unpaired) electrons. The van der Waals surface area contributed by atoms with E-state index in [-0.39, 0.29) is 0 Å². The van der Waals surface area contributed by atoms with Crippen molar-refractivity contribution in [2.24, 2.45) is 5.92 Å². The molecule has 0 aliphatic carbocycles. The summed E-state index contributed by atoms with van der Waals surface area (Å²) in [6, 6.07) is 11.9. The zero-order chi connectivity index (χ0) is 16.8. The minimum Gasteiger partial charge on any atom is -0.491 e. The van der Waals surface area contributed by atoms with Crippen LogP contribution in [0.25, 0.3) is 0 Å². The van der Waals surface area contributed by atoms with Gasteiger partial charge in [0.15, 0.2) is 0 Å². The zero-order valence-electron chi connectivity index (χ0n) is 14.2. The normalized spacial score (nSPS) is 10.7. The molecule has 0 spiro atoms. The summed E-state index contributed by atoms with van der Waals surface area (Å²) in [5.41, 5.74) is 9.57. The summed E-state index contributed by atoms with van der Waals surface area (Å²) in [6.45, 7) is 7.55. The van der Waals surface area contributed by atoms with E-state index in [1.54, 1.807) is 6.07 Å². The van der Waals surface area contributed by atoms with Gasteiger partial charge in [0.2, 0.25) is 0 Å². The standard InChI is InChI=1S/C19H25N3O/c1-14(2)8-9-18-17(21)12-16(13-20)22(18)10-11-23-19-7-5-4-6-15(19)3/h4-7,12,14H,8-11,21H2,1-3H3. The third-order valence-corrected chi connectivity index (χ3v) is 3.98. The van der Waals surface area contributed by atoms with Crippen molar-refractivity contribution in [1.29, 1.82) is 5.26 Å². The number of rotatable bonds is 7. The van der Waals surface area contributed by atoms with E-state index in [4.69, 9.17) is 10.5 Å². The predicted octanol–water partition coefficient (Wildman–Crippen LogP) is 3.92. The van der Waals surface area contributed by atoms with Gasteiger partial charge in [-0.1, -0.05) is 32.0 Å². The van der Waals surface area contributed by atoms with Gasteiger partial charge < -0.3 is 15.0 Å². The van der Waals surface area contributed by atoms with Crippen LogP contribution in [0.1, 0.15) is 37.2 Å². The van der Waals surface area contributed by atoms with Crippen molar-refractivity contribution >= 4 is 5.69 Å². The molecular weight excluding hydrogens is 286 g/mol. The van der Waals surface area contributed by atoms with E-state index in [1.165, 1.54) is 0 Å². The maximum atomic E-state index is 9.33. The molecule has 23 heavy (non-hydrogen) atoms. The first kappa shape index (κ1) is 17.0. The Labute approximate surface area is 138 Å². The number of anilines is 1. The highest BCUT2D eigenvalue weighted by Gasteiger charge is 2.13. The van der Waals surface area contributed by atoms with Crippen molar-refractivity contribution < 1.29 is 4.74 Å². The summed E-state index contributed by atoms with van der Waals surface area (Å²) >= 11 is 0. The quantitative estimate of drug-likeness (QED) is 0.843. The fraction of sp³-hybridized carbons (Fsp3) is 0.421. The average Bonchev–Trinajstić information content (AvgIpc) is 2.82. The summed E-state index contributed by atoms with van der Waals surface area (Å²) in [7, 11) is 0. The summed E-state index contributed by atoms with van der Waals surface area (Å²) in [5.74, 6) is 1.49. The van der Waals surface area contributed by atoms with Gasteiger partial charge >= 0.3 is 0 Å². The molecule has 0 bridgehead atoms. The van der Waals surface area contributed by atoms with Crippen LogP contribution in [0.3, 0.4) is 0 Å². The Balaban J connectivity index is 2.09. The van der Waals surface area contributed by atoms with Crippen LogP contribution in [-0.2, 0) is 13.0 Å². The monoisotopic (exact) mass is 311 g/mol. The molecule has 0 atom stereocenters. The second-order valence-electron chi connectivity index (χ2n) is 6.24. The van der Waals surface area contributed by atoms with E-state index in [9.17, 15) is 5.26 Å². The van der Waals surface area contributed by atoms with Crippen LogP contribution in [-0.4, -0.2) is 11.2 Å². The molecule has 0 amide bonds. The number of nitriles is 1. The van der Waals surface area contributed by atoms with Gasteiger partial charge in [0.1, 0.15) is 24.1 Å². The van der Waals surface area contributed by atoms with Crippen LogP contribution in [0.5, 0.6) is 5.75 Å². The van der Waals surface area contributed by atoms with Gasteiger partial charge in [-0.3, -0.25) is 0 Å². The number of aryl methyl sites for hydroxylation is 1. The third kappa shape index (κ3) is 4.29. The number of aromatic nitrogens is 1. The van der Waals surface area contributed by atoms with Crippen LogP contribution in [0.2, 0.25) is 0 Å². The minimum absolute atomic E-state index is 0.516. The van der Waals surface area contributed by atoms with E-state index in [0.29, 0.717) is 30.5 Å². The Hall–Kier alpha value is -2.41. The second kappa shape index (κ2) is 7.73. The van der Waals surface area contributed by atoms with Crippen LogP contribution < -0.4 is 10.5 Å². The summed E-state index contributed by atoms with van der Waals surface area (Å²) in [5, 5.41) is 9.33. The number of nitrogen functional groups attached to an aromatic ring is 1. The summed E-state index contributed by atoms with van der Waals surface area (Å²) in [4.78, 5) is 0. The Morgan fingerprint density at radius 3 is 2.70 bits per heavy atom. The maximum absolute atomic E-state index is 9.33. The fourth-order valence-electron chi connectivity index (χ4n) is 2.63. The van der Waals surface area contributed by atoms with Crippen LogP contribution in [0.15, 0.2) is 30.3 Å². The highest BCUT2D eigenvalue weighted by Crippen LogP contribution is 2.22. The molecule has 2 N–H and O–H groups in total. The predicted molar refractivity (Wildman–Crippen MR) is 93.4 cm³/mol. The van der Waals surface area contributed by atoms with Gasteiger partial charge in [0.05, 0.1) is 12.2 Å². The van der Waals surface area contributed by atoms with E-state index in [2.05, 4.69) is 19.9 Å². The van der Waals surface area contributed by atoms with Gasteiger partial charge in [-0.15, -0.1) is 0 Å². The Morgan fingerprint density at radius 2 is 2.04 bits per heavy atom. The Morgan fingerprint density at radius 1 is 1.30 bits per heavy atom. The first-order valence-electron chi connectivity index (χ1n) is 8.09. The van der Waals surface area contributed by atoms with Gasteiger partial charge in [0, 0.05) is 5.69 Å². The summed E-state index contributed by atoms with van der Waals surface area (Å²) < 4.78 is 7.86. The molecule has 2 rings (SSSR count). The largest absolute Gasteiger partial charge is 0.491 e. The van der Waals surface area contributed by atoms with Gasteiger partial charge in [0.25, 0.3) is 0 Å². The van der Waals surface area contributed by atoms with Crippen molar-refractivity contribution in [1.82, 2.24) is 4.57 Å². The third-order valence-electron chi connectivity index (χ3n) is 3.98. The molecule has 1 heterocycles. The number of para-hydroxylation sites is 1. The van der Waals surface area contributed by atoms with Crippen molar-refractivity contribution in [3.05, 3.63) is 47.3 Å². The molecule has 0 unspecified atom stereocenters. The molecule has 1 aromatic heterocycles. The smallest absolute Gasteiger partial charge is 0.122 e. The SMILES string of the molecule is Cc1ccccc1OCCn1c(C#N)cc(N)c1CCC(C)C. The molecule has 0 aliphatic rings. The number of ether oxygens (including phenoxy) is 1. The molecule has 0 saturated heterocycles. The summed E-state index contributed by atoms with van der Waals surface area (Å²) in [6.07, 6.45) is 1.94. The molecule has 122 valence electrons. The number of nitrogens with two attached hydrogens (primary N) is 1. The van der Waals surface area contributed by atoms with Crippen molar-refractivity contribution in [3.8, 4) is 11.8 Å². The van der Waals surface area contributed by atoms with Crippen LogP contribution >= 0.6 is 0 Å². The minimum atomic E-state index is 0.516. The molecular formula is C19H25N3O. The topological polar surface area (TPSA) is 64.0 Å². The van der Waals surface area contributed by atoms with E-state index in [0.717, 1.165) is 29.8 Å². The number of nitrogens with zero attached hydrogens (tertiary/aromatic N) is 2. The highest BCUT2D eigenvalue weighted by atomic mass is 16.5. The van der Waals surface area contributed by atoms with Gasteiger partial charge in [-0.2, -0.15) is 5.26 Å². The number of benzene rings is 1. The molecule has 2 aromatic rings. The first-order chi connectivity index (χ1) is 11.0. The molecule has 0 aliphatic heterocycles. The van der Waals surface area contributed by atoms with Crippen molar-refractivity contribution in [3.63, 3.8) is 0 Å². The van der Waals surface area contributed by atoms with E-state index < -0.39 is 0 Å². The molecule has 0 fully saturated rings. The van der Waals surface area contributed by atoms with Crippen molar-refractivity contribution in [2.45, 2.75) is 40.2 Å². The van der Waals surface area contributed by atoms with E-state index in [1.807, 2.05) is 35.8 Å². The maximum Gasteiger partial charge on any atom is 0.122 e. The van der Waals surface area contributed by atoms with Gasteiger partial charge in [-0.25, -0.2) is 0 Å². The average molecular weight is 311 g/mol. The molecule has 4 nitrogen and oxygen atoms in total. The van der Waals surface area contributed by atoms with Crippen molar-refractivity contribution in [2.75, 3.05) is 12.3 Å². The highest BCUT2D eigenvalue weighted by molar-refractivity contribution is 5.50. The number of hydrogen-bond acceptors (Lipinski definition) is 3. The van der Waals surface area contributed by atoms with Crippen LogP contribution in [0, 0.1) is 24.2 Å². The van der Waals surface area contributed by atoms with Crippen LogP contribution in [0.4, 0.5) is 5.69 Å². The Kier molecular flexibility index (Phi) is 5.70. The Bertz CT molecular complexity index is 695. The molecule has 1 aromatic carbocycles. The fourth-order valence-corrected chi connectivity index (χ4v) is 2.63. The number of hydrogen-bond donors (Lipinski definition) is 1. The lowest BCUT2D eigenvalue weighted by molar-refractivity contribution is 0.294. The first-order valence-corrected chi connectivity index (χ1v) is 8.09. The molecule has 0 saturated carbocycles. The lowest BCUT2D eigenvalue weighted by Gasteiger charge is -2.14. The van der Waals surface area contributed by atoms with E-state index >= 15 is 0 Å². The lowest BCUT2D eigenvalue weighted by Crippen LogP contribution is -2.14. The second-order valence-corrected chi connectivity index (χ2v) is 6.24. The van der Waals surface area contributed by atoms with Gasteiger partial charge in [-0.05, 0) is 43.4 Å². The zero-order valence-corrected chi connectivity index (χ0v) is 14.2. The molecule has 4 heteroatoms.